The third kappa shape index (κ3) is 2.46. The maximum absolute atomic E-state index is 2.78. The van der Waals surface area contributed by atoms with Gasteiger partial charge >= 0.3 is 0 Å². The van der Waals surface area contributed by atoms with Crippen LogP contribution >= 0.6 is 0 Å². The Kier molecular flexibility index (Phi) is 4.61. The van der Waals surface area contributed by atoms with E-state index in [-0.39, 0.29) is 0 Å². The Hall–Kier alpha value is -0.260. The highest BCUT2D eigenvalue weighted by molar-refractivity contribution is 5.38. The lowest BCUT2D eigenvalue weighted by atomic mass is 9.34. The third-order valence-corrected chi connectivity index (χ3v) is 12.9. The first-order valence-corrected chi connectivity index (χ1v) is 13.6. The van der Waals surface area contributed by atoms with E-state index in [0.29, 0.717) is 27.1 Å². The monoisotopic (exact) mass is 410 g/mol. The summed E-state index contributed by atoms with van der Waals surface area (Å²) >= 11 is 0. The molecular formula is C30H50. The molecule has 30 heavy (non-hydrogen) atoms. The Labute approximate surface area is 188 Å². The van der Waals surface area contributed by atoms with Crippen LogP contribution in [-0.2, 0) is 0 Å². The molecule has 0 amide bonds. The van der Waals surface area contributed by atoms with Gasteiger partial charge in [-0.3, -0.25) is 0 Å². The zero-order valence-electron chi connectivity index (χ0n) is 21.6. The average Bonchev–Trinajstić information content (AvgIpc) is 2.99. The lowest BCUT2D eigenvalue weighted by Crippen LogP contribution is -2.62. The Morgan fingerprint density at radius 1 is 0.700 bits per heavy atom. The van der Waals surface area contributed by atoms with E-state index < -0.39 is 0 Å². The summed E-state index contributed by atoms with van der Waals surface area (Å²) < 4.78 is 0. The van der Waals surface area contributed by atoms with Crippen LogP contribution in [-0.4, -0.2) is 0 Å². The van der Waals surface area contributed by atoms with Gasteiger partial charge in [0.2, 0.25) is 0 Å². The first-order valence-electron chi connectivity index (χ1n) is 13.6. The fourth-order valence-electron chi connectivity index (χ4n) is 11.3. The van der Waals surface area contributed by atoms with Gasteiger partial charge in [-0.2, -0.15) is 0 Å². The van der Waals surface area contributed by atoms with Gasteiger partial charge in [-0.1, -0.05) is 73.0 Å². The van der Waals surface area contributed by atoms with Crippen molar-refractivity contribution in [2.45, 2.75) is 126 Å². The van der Waals surface area contributed by atoms with Crippen LogP contribution in [0.3, 0.4) is 0 Å². The minimum atomic E-state index is 0.464. The van der Waals surface area contributed by atoms with Gasteiger partial charge in [0.25, 0.3) is 0 Å². The van der Waals surface area contributed by atoms with Crippen molar-refractivity contribution in [2.75, 3.05) is 0 Å². The topological polar surface area (TPSA) is 0 Å². The summed E-state index contributed by atoms with van der Waals surface area (Å²) in [6, 6.07) is 0. The van der Waals surface area contributed by atoms with E-state index in [9.17, 15) is 0 Å². The molecule has 170 valence electrons. The van der Waals surface area contributed by atoms with Gasteiger partial charge in [0.1, 0.15) is 0 Å². The molecule has 5 aliphatic carbocycles. The van der Waals surface area contributed by atoms with E-state index in [2.05, 4.69) is 55.4 Å². The lowest BCUT2D eigenvalue weighted by Gasteiger charge is -2.70. The van der Waals surface area contributed by atoms with Gasteiger partial charge in [-0.25, -0.2) is 0 Å². The first-order chi connectivity index (χ1) is 13.9. The summed E-state index contributed by atoms with van der Waals surface area (Å²) in [7, 11) is 0. The molecule has 0 saturated heterocycles. The Morgan fingerprint density at radius 2 is 1.40 bits per heavy atom. The molecule has 5 aliphatic rings. The van der Waals surface area contributed by atoms with Crippen LogP contribution in [0.4, 0.5) is 0 Å². The molecule has 7 atom stereocenters. The van der Waals surface area contributed by atoms with Crippen LogP contribution in [0.15, 0.2) is 11.1 Å². The van der Waals surface area contributed by atoms with Gasteiger partial charge in [-0.05, 0) is 115 Å². The smallest absolute Gasteiger partial charge is 0.00566 e. The summed E-state index contributed by atoms with van der Waals surface area (Å²) in [5, 5.41) is 0. The quantitative estimate of drug-likeness (QED) is 0.378. The molecule has 0 radical (unpaired) electrons. The molecule has 0 heterocycles. The minimum absolute atomic E-state index is 0.464. The molecule has 0 nitrogen and oxygen atoms in total. The van der Waals surface area contributed by atoms with E-state index in [1.165, 1.54) is 70.6 Å². The van der Waals surface area contributed by atoms with Crippen molar-refractivity contribution in [3.05, 3.63) is 11.1 Å². The van der Waals surface area contributed by atoms with Crippen LogP contribution in [0.2, 0.25) is 0 Å². The molecule has 0 spiro atoms. The maximum Gasteiger partial charge on any atom is -0.00566 e. The van der Waals surface area contributed by atoms with E-state index in [0.717, 1.165) is 23.7 Å². The minimum Gasteiger partial charge on any atom is -0.0642 e. The predicted octanol–water partition coefficient (Wildman–Crippen LogP) is 9.20. The average molecular weight is 411 g/mol. The van der Waals surface area contributed by atoms with Gasteiger partial charge < -0.3 is 0 Å². The largest absolute Gasteiger partial charge is 0.0642 e. The van der Waals surface area contributed by atoms with Gasteiger partial charge in [-0.15, -0.1) is 0 Å². The number of rotatable bonds is 1. The van der Waals surface area contributed by atoms with Crippen LogP contribution in [0.25, 0.3) is 0 Å². The summed E-state index contributed by atoms with van der Waals surface area (Å²) in [6.45, 7) is 21.1. The lowest BCUT2D eigenvalue weighted by molar-refractivity contribution is -0.179. The molecular weight excluding hydrogens is 360 g/mol. The standard InChI is InChI=1S/C30H50/c1-20(2)21-10-11-22-23-12-13-25-28(6)16-9-15-26(3,4)24(28)14-17-30(25,8)29(23,7)19-18-27(21,22)5/h20-21,24-25H,9-19H2,1-8H3/t21-,24-,25-,27-,28+,29-,30-/m1/s1. The Balaban J connectivity index is 1.58. The summed E-state index contributed by atoms with van der Waals surface area (Å²) in [4.78, 5) is 0. The number of hydrogen-bond donors (Lipinski definition) is 0. The molecule has 0 aromatic rings. The number of allylic oxidation sites excluding steroid dienone is 2. The fourth-order valence-corrected chi connectivity index (χ4v) is 11.3. The zero-order chi connectivity index (χ0) is 21.7. The second-order valence-electron chi connectivity index (χ2n) is 14.5. The highest BCUT2D eigenvalue weighted by atomic mass is 14.7. The number of fused-ring (bicyclic) bond motifs is 6. The molecule has 0 aromatic carbocycles. The second kappa shape index (κ2) is 6.41. The summed E-state index contributed by atoms with van der Waals surface area (Å²) in [5.41, 5.74) is 6.57. The van der Waals surface area contributed by atoms with Gasteiger partial charge in [0.05, 0.1) is 0 Å². The Bertz CT molecular complexity index is 754. The van der Waals surface area contributed by atoms with Crippen molar-refractivity contribution < 1.29 is 0 Å². The highest BCUT2D eigenvalue weighted by Gasteiger charge is 2.66. The fraction of sp³-hybridized carbons (Fsp3) is 0.933. The van der Waals surface area contributed by atoms with Crippen LogP contribution in [0.5, 0.6) is 0 Å². The molecule has 0 bridgehead atoms. The summed E-state index contributed by atoms with van der Waals surface area (Å²) in [5.74, 6) is 3.63. The molecule has 0 aromatic heterocycles. The predicted molar refractivity (Wildman–Crippen MR) is 129 cm³/mol. The molecule has 4 saturated carbocycles. The Morgan fingerprint density at radius 3 is 2.10 bits per heavy atom. The van der Waals surface area contributed by atoms with Crippen molar-refractivity contribution >= 4 is 0 Å². The van der Waals surface area contributed by atoms with E-state index in [4.69, 9.17) is 0 Å². The molecule has 4 fully saturated rings. The zero-order valence-corrected chi connectivity index (χ0v) is 21.6. The van der Waals surface area contributed by atoms with Crippen molar-refractivity contribution in [1.29, 1.82) is 0 Å². The SMILES string of the molecule is CC(C)[C@H]1CCC2=C3CC[C@@H]4[C@@]5(C)CCCC(C)(C)[C@H]5CC[C@@]4(C)[C@]3(C)CC[C@@]21C. The van der Waals surface area contributed by atoms with Crippen molar-refractivity contribution in [1.82, 2.24) is 0 Å². The van der Waals surface area contributed by atoms with Crippen LogP contribution in [0, 0.1) is 50.7 Å². The molecule has 0 N–H and O–H groups in total. The highest BCUT2D eigenvalue weighted by Crippen LogP contribution is 2.75. The first kappa shape index (κ1) is 21.6. The van der Waals surface area contributed by atoms with Crippen molar-refractivity contribution in [3.8, 4) is 0 Å². The summed E-state index contributed by atoms with van der Waals surface area (Å²) in [6.07, 6.45) is 16.1. The van der Waals surface area contributed by atoms with E-state index in [1.807, 2.05) is 11.1 Å². The van der Waals surface area contributed by atoms with Gasteiger partial charge in [0, 0.05) is 0 Å². The van der Waals surface area contributed by atoms with Crippen molar-refractivity contribution in [3.63, 3.8) is 0 Å². The van der Waals surface area contributed by atoms with E-state index >= 15 is 0 Å². The van der Waals surface area contributed by atoms with E-state index in [1.54, 1.807) is 0 Å². The molecule has 0 unspecified atom stereocenters. The van der Waals surface area contributed by atoms with Crippen LogP contribution < -0.4 is 0 Å². The van der Waals surface area contributed by atoms with Crippen molar-refractivity contribution in [2.24, 2.45) is 50.7 Å². The second-order valence-corrected chi connectivity index (χ2v) is 14.5. The van der Waals surface area contributed by atoms with Gasteiger partial charge in [0.15, 0.2) is 0 Å². The maximum atomic E-state index is 2.78. The molecule has 0 aliphatic heterocycles. The normalized spacial score (nSPS) is 52.5. The third-order valence-electron chi connectivity index (χ3n) is 12.9. The van der Waals surface area contributed by atoms with Crippen LogP contribution in [0.1, 0.15) is 126 Å². The molecule has 0 heteroatoms. The molecule has 5 rings (SSSR count). The number of hydrogen-bond acceptors (Lipinski definition) is 0.